The van der Waals surface area contributed by atoms with Crippen LogP contribution in [-0.4, -0.2) is 6.54 Å². The van der Waals surface area contributed by atoms with E-state index in [0.717, 1.165) is 13.0 Å². The Hall–Kier alpha value is -0.820. The average molecular weight is 245 g/mol. The molecule has 1 aromatic carbocycles. The van der Waals surface area contributed by atoms with Gasteiger partial charge in [-0.05, 0) is 62.0 Å². The quantitative estimate of drug-likeness (QED) is 0.853. The summed E-state index contributed by atoms with van der Waals surface area (Å²) in [6.07, 6.45) is 6.35. The first-order valence-corrected chi connectivity index (χ1v) is 7.20. The van der Waals surface area contributed by atoms with Gasteiger partial charge in [0.1, 0.15) is 0 Å². The highest BCUT2D eigenvalue weighted by Gasteiger charge is 2.37. The van der Waals surface area contributed by atoms with Crippen LogP contribution in [0.15, 0.2) is 24.3 Å². The van der Waals surface area contributed by atoms with E-state index in [9.17, 15) is 0 Å². The molecule has 0 aromatic heterocycles. The molecular formula is C17H27N. The summed E-state index contributed by atoms with van der Waals surface area (Å²) in [6.45, 7) is 7.75. The Morgan fingerprint density at radius 1 is 1.00 bits per heavy atom. The van der Waals surface area contributed by atoms with Crippen LogP contribution in [0.3, 0.4) is 0 Å². The van der Waals surface area contributed by atoms with E-state index in [1.165, 1.54) is 36.8 Å². The molecule has 0 saturated heterocycles. The van der Waals surface area contributed by atoms with E-state index in [0.29, 0.717) is 10.8 Å². The summed E-state index contributed by atoms with van der Waals surface area (Å²) >= 11 is 0. The second-order valence-corrected chi connectivity index (χ2v) is 7.03. The monoisotopic (exact) mass is 245 g/mol. The van der Waals surface area contributed by atoms with Gasteiger partial charge in [-0.1, -0.05) is 43.7 Å². The van der Waals surface area contributed by atoms with Crippen molar-refractivity contribution in [1.82, 2.24) is 0 Å². The molecule has 1 aromatic rings. The molecule has 1 aliphatic carbocycles. The summed E-state index contributed by atoms with van der Waals surface area (Å²) in [7, 11) is 0. The van der Waals surface area contributed by atoms with Crippen LogP contribution >= 0.6 is 0 Å². The zero-order valence-corrected chi connectivity index (χ0v) is 12.1. The summed E-state index contributed by atoms with van der Waals surface area (Å²) in [5, 5.41) is 0. The maximum Gasteiger partial charge on any atom is -0.00173 e. The molecule has 1 fully saturated rings. The SMILES string of the molecule is Cc1ccc(CC2(CN)CCC(C)(C)CC2)cc1. The molecule has 2 rings (SSSR count). The number of hydrogen-bond acceptors (Lipinski definition) is 1. The van der Waals surface area contributed by atoms with Crippen LogP contribution in [0, 0.1) is 17.8 Å². The van der Waals surface area contributed by atoms with Crippen molar-refractivity contribution in [3.05, 3.63) is 35.4 Å². The Morgan fingerprint density at radius 2 is 1.56 bits per heavy atom. The van der Waals surface area contributed by atoms with Crippen LogP contribution < -0.4 is 5.73 Å². The van der Waals surface area contributed by atoms with Crippen molar-refractivity contribution < 1.29 is 0 Å². The summed E-state index contributed by atoms with van der Waals surface area (Å²) < 4.78 is 0. The molecular weight excluding hydrogens is 218 g/mol. The van der Waals surface area contributed by atoms with Gasteiger partial charge in [-0.2, -0.15) is 0 Å². The number of aryl methyl sites for hydroxylation is 1. The minimum Gasteiger partial charge on any atom is -0.330 e. The Labute approximate surface area is 112 Å². The lowest BCUT2D eigenvalue weighted by Gasteiger charge is -2.43. The highest BCUT2D eigenvalue weighted by molar-refractivity contribution is 5.22. The molecule has 1 nitrogen and oxygen atoms in total. The van der Waals surface area contributed by atoms with E-state index in [2.05, 4.69) is 45.0 Å². The third-order valence-corrected chi connectivity index (χ3v) is 4.80. The van der Waals surface area contributed by atoms with Gasteiger partial charge in [-0.25, -0.2) is 0 Å². The van der Waals surface area contributed by atoms with Gasteiger partial charge in [-0.15, -0.1) is 0 Å². The predicted molar refractivity (Wildman–Crippen MR) is 78.6 cm³/mol. The van der Waals surface area contributed by atoms with Crippen molar-refractivity contribution in [3.63, 3.8) is 0 Å². The number of hydrogen-bond donors (Lipinski definition) is 1. The number of rotatable bonds is 3. The predicted octanol–water partition coefficient (Wildman–Crippen LogP) is 4.08. The van der Waals surface area contributed by atoms with Crippen LogP contribution in [0.2, 0.25) is 0 Å². The third-order valence-electron chi connectivity index (χ3n) is 4.80. The van der Waals surface area contributed by atoms with Crippen molar-refractivity contribution in [2.45, 2.75) is 52.9 Å². The molecule has 0 aliphatic heterocycles. The maximum absolute atomic E-state index is 6.10. The standard InChI is InChI=1S/C17H27N/c1-14-4-6-15(7-5-14)12-17(13-18)10-8-16(2,3)9-11-17/h4-7H,8-13,18H2,1-3H3. The minimum atomic E-state index is 0.352. The average Bonchev–Trinajstić information content (AvgIpc) is 2.35. The lowest BCUT2D eigenvalue weighted by Crippen LogP contribution is -2.38. The van der Waals surface area contributed by atoms with Crippen LogP contribution in [0.25, 0.3) is 0 Å². The summed E-state index contributed by atoms with van der Waals surface area (Å²) in [6, 6.07) is 8.97. The van der Waals surface area contributed by atoms with E-state index >= 15 is 0 Å². The molecule has 0 spiro atoms. The lowest BCUT2D eigenvalue weighted by molar-refractivity contribution is 0.108. The zero-order valence-electron chi connectivity index (χ0n) is 12.1. The largest absolute Gasteiger partial charge is 0.330 e. The van der Waals surface area contributed by atoms with E-state index < -0.39 is 0 Å². The van der Waals surface area contributed by atoms with E-state index in [-0.39, 0.29) is 0 Å². The second kappa shape index (κ2) is 5.05. The van der Waals surface area contributed by atoms with Crippen LogP contribution in [0.4, 0.5) is 0 Å². The second-order valence-electron chi connectivity index (χ2n) is 7.03. The molecule has 0 heterocycles. The minimum absolute atomic E-state index is 0.352. The molecule has 0 radical (unpaired) electrons. The van der Waals surface area contributed by atoms with E-state index in [1.54, 1.807) is 0 Å². The van der Waals surface area contributed by atoms with Crippen LogP contribution in [0.1, 0.15) is 50.7 Å². The van der Waals surface area contributed by atoms with Crippen molar-refractivity contribution in [2.24, 2.45) is 16.6 Å². The Kier molecular flexibility index (Phi) is 3.82. The van der Waals surface area contributed by atoms with Gasteiger partial charge in [0.15, 0.2) is 0 Å². The molecule has 18 heavy (non-hydrogen) atoms. The first-order valence-electron chi connectivity index (χ1n) is 7.20. The van der Waals surface area contributed by atoms with Gasteiger partial charge in [0, 0.05) is 0 Å². The van der Waals surface area contributed by atoms with Crippen molar-refractivity contribution in [2.75, 3.05) is 6.54 Å². The molecule has 100 valence electrons. The summed E-state index contributed by atoms with van der Waals surface area (Å²) in [5.41, 5.74) is 9.76. The molecule has 1 saturated carbocycles. The smallest absolute Gasteiger partial charge is 0.00173 e. The Balaban J connectivity index is 2.07. The highest BCUT2D eigenvalue weighted by atomic mass is 14.6. The number of nitrogens with two attached hydrogens (primary N) is 1. The molecule has 0 unspecified atom stereocenters. The molecule has 1 aliphatic rings. The van der Waals surface area contributed by atoms with Crippen LogP contribution in [-0.2, 0) is 6.42 Å². The fraction of sp³-hybridized carbons (Fsp3) is 0.647. The van der Waals surface area contributed by atoms with E-state index in [1.807, 2.05) is 0 Å². The van der Waals surface area contributed by atoms with Crippen molar-refractivity contribution in [3.8, 4) is 0 Å². The fourth-order valence-corrected chi connectivity index (χ4v) is 3.05. The highest BCUT2D eigenvalue weighted by Crippen LogP contribution is 2.46. The van der Waals surface area contributed by atoms with E-state index in [4.69, 9.17) is 5.73 Å². The number of benzene rings is 1. The van der Waals surface area contributed by atoms with Gasteiger partial charge in [0.05, 0.1) is 0 Å². The van der Waals surface area contributed by atoms with Gasteiger partial charge >= 0.3 is 0 Å². The molecule has 1 heteroatoms. The fourth-order valence-electron chi connectivity index (χ4n) is 3.05. The van der Waals surface area contributed by atoms with Gasteiger partial charge < -0.3 is 5.73 Å². The van der Waals surface area contributed by atoms with Gasteiger partial charge in [0.25, 0.3) is 0 Å². The summed E-state index contributed by atoms with van der Waals surface area (Å²) in [5.74, 6) is 0. The van der Waals surface area contributed by atoms with Gasteiger partial charge in [-0.3, -0.25) is 0 Å². The zero-order chi connectivity index (χ0) is 13.2. The lowest BCUT2D eigenvalue weighted by atomic mass is 9.63. The molecule has 0 atom stereocenters. The first-order chi connectivity index (χ1) is 8.45. The van der Waals surface area contributed by atoms with Gasteiger partial charge in [0.2, 0.25) is 0 Å². The molecule has 2 N–H and O–H groups in total. The van der Waals surface area contributed by atoms with Crippen LogP contribution in [0.5, 0.6) is 0 Å². The van der Waals surface area contributed by atoms with Crippen molar-refractivity contribution >= 4 is 0 Å². The third kappa shape index (κ3) is 3.14. The van der Waals surface area contributed by atoms with Crippen molar-refractivity contribution in [1.29, 1.82) is 0 Å². The topological polar surface area (TPSA) is 26.0 Å². The molecule has 0 amide bonds. The Morgan fingerprint density at radius 3 is 2.06 bits per heavy atom. The molecule has 0 bridgehead atoms. The first kappa shape index (κ1) is 13.6. The normalized spacial score (nSPS) is 21.8. The summed E-state index contributed by atoms with van der Waals surface area (Å²) in [4.78, 5) is 0. The Bertz CT molecular complexity index is 379. The maximum atomic E-state index is 6.10.